The van der Waals surface area contributed by atoms with Crippen LogP contribution in [0.25, 0.3) is 0 Å². The average Bonchev–Trinajstić information content (AvgIpc) is 2.27. The molecular weight excluding hydrogens is 237 g/mol. The summed E-state index contributed by atoms with van der Waals surface area (Å²) >= 11 is 0. The molecule has 1 atom stereocenters. The lowest BCUT2D eigenvalue weighted by Crippen LogP contribution is -1.94. The van der Waals surface area contributed by atoms with E-state index in [1.807, 2.05) is 0 Å². The summed E-state index contributed by atoms with van der Waals surface area (Å²) in [4.78, 5) is 18.7. The number of nitrogens with zero attached hydrogens (tertiary/aromatic N) is 1. The SMILES string of the molecule is COP(=O)(O)OCc1ccc([N+](=O)[O-])cc1. The lowest BCUT2D eigenvalue weighted by Gasteiger charge is -2.08. The van der Waals surface area contributed by atoms with Crippen LogP contribution in [-0.2, 0) is 20.2 Å². The van der Waals surface area contributed by atoms with Gasteiger partial charge in [0.15, 0.2) is 0 Å². The molecule has 1 rings (SSSR count). The van der Waals surface area contributed by atoms with Crippen LogP contribution >= 0.6 is 7.82 Å². The van der Waals surface area contributed by atoms with Gasteiger partial charge >= 0.3 is 7.82 Å². The summed E-state index contributed by atoms with van der Waals surface area (Å²) in [5.74, 6) is 0. The van der Waals surface area contributed by atoms with Crippen LogP contribution in [0.1, 0.15) is 5.56 Å². The molecule has 88 valence electrons. The molecule has 0 aromatic heterocycles. The lowest BCUT2D eigenvalue weighted by atomic mass is 10.2. The van der Waals surface area contributed by atoms with E-state index >= 15 is 0 Å². The van der Waals surface area contributed by atoms with Crippen molar-refractivity contribution in [3.8, 4) is 0 Å². The third-order valence-corrected chi connectivity index (χ3v) is 2.69. The Labute approximate surface area is 91.4 Å². The van der Waals surface area contributed by atoms with Crippen LogP contribution in [0.3, 0.4) is 0 Å². The van der Waals surface area contributed by atoms with E-state index < -0.39 is 12.7 Å². The van der Waals surface area contributed by atoms with Crippen LogP contribution in [0, 0.1) is 10.1 Å². The van der Waals surface area contributed by atoms with Crippen LogP contribution in [0.5, 0.6) is 0 Å². The van der Waals surface area contributed by atoms with Gasteiger partial charge in [-0.2, -0.15) is 0 Å². The molecule has 0 amide bonds. The van der Waals surface area contributed by atoms with Gasteiger partial charge in [-0.15, -0.1) is 0 Å². The highest BCUT2D eigenvalue weighted by Gasteiger charge is 2.18. The number of phosphoric acid groups is 1. The second-order valence-corrected chi connectivity index (χ2v) is 4.41. The lowest BCUT2D eigenvalue weighted by molar-refractivity contribution is -0.384. The Kier molecular flexibility index (Phi) is 4.14. The summed E-state index contributed by atoms with van der Waals surface area (Å²) in [5.41, 5.74) is 0.486. The van der Waals surface area contributed by atoms with Gasteiger partial charge in [0.05, 0.1) is 11.5 Å². The number of benzene rings is 1. The first-order valence-corrected chi connectivity index (χ1v) is 5.70. The van der Waals surface area contributed by atoms with Crippen molar-refractivity contribution in [2.75, 3.05) is 7.11 Å². The van der Waals surface area contributed by atoms with E-state index in [1.165, 1.54) is 24.3 Å². The zero-order valence-corrected chi connectivity index (χ0v) is 9.29. The Balaban J connectivity index is 2.63. The van der Waals surface area contributed by atoms with E-state index in [1.54, 1.807) is 0 Å². The number of non-ortho nitro benzene ring substituents is 1. The molecule has 0 saturated carbocycles. The third kappa shape index (κ3) is 3.71. The zero-order valence-electron chi connectivity index (χ0n) is 8.40. The normalized spacial score (nSPS) is 14.4. The number of nitro groups is 1. The summed E-state index contributed by atoms with van der Waals surface area (Å²) in [7, 11) is -2.95. The summed E-state index contributed by atoms with van der Waals surface area (Å²) < 4.78 is 19.7. The van der Waals surface area contributed by atoms with Crippen molar-refractivity contribution in [1.29, 1.82) is 0 Å². The van der Waals surface area contributed by atoms with Crippen LogP contribution in [0.15, 0.2) is 24.3 Å². The Morgan fingerprint density at radius 1 is 1.44 bits per heavy atom. The third-order valence-electron chi connectivity index (χ3n) is 1.77. The summed E-state index contributed by atoms with van der Waals surface area (Å²) in [6, 6.07) is 5.45. The van der Waals surface area contributed by atoms with Crippen molar-refractivity contribution in [3.05, 3.63) is 39.9 Å². The fourth-order valence-electron chi connectivity index (χ4n) is 0.923. The minimum absolute atomic E-state index is 0.0531. The molecule has 0 aliphatic carbocycles. The van der Waals surface area contributed by atoms with Gasteiger partial charge in [0.1, 0.15) is 0 Å². The van der Waals surface area contributed by atoms with Gasteiger partial charge in [0.2, 0.25) is 0 Å². The first kappa shape index (κ1) is 12.8. The molecule has 0 aliphatic heterocycles. The highest BCUT2D eigenvalue weighted by Crippen LogP contribution is 2.42. The summed E-state index contributed by atoms with van der Waals surface area (Å²) in [6.07, 6.45) is 0. The van der Waals surface area contributed by atoms with Crippen molar-refractivity contribution >= 4 is 13.5 Å². The van der Waals surface area contributed by atoms with Crippen molar-refractivity contribution in [1.82, 2.24) is 0 Å². The minimum Gasteiger partial charge on any atom is -0.302 e. The summed E-state index contributed by atoms with van der Waals surface area (Å²) in [5, 5.41) is 10.3. The van der Waals surface area contributed by atoms with Crippen molar-refractivity contribution in [3.63, 3.8) is 0 Å². The molecule has 16 heavy (non-hydrogen) atoms. The van der Waals surface area contributed by atoms with E-state index in [0.29, 0.717) is 5.56 Å². The largest absolute Gasteiger partial charge is 0.472 e. The molecule has 8 heteroatoms. The monoisotopic (exact) mass is 247 g/mol. The molecule has 0 spiro atoms. The minimum atomic E-state index is -4.00. The van der Waals surface area contributed by atoms with E-state index in [-0.39, 0.29) is 12.3 Å². The highest BCUT2D eigenvalue weighted by atomic mass is 31.2. The Bertz CT molecular complexity index is 417. The Morgan fingerprint density at radius 3 is 2.44 bits per heavy atom. The van der Waals surface area contributed by atoms with E-state index in [4.69, 9.17) is 4.89 Å². The number of nitro benzene ring substituents is 1. The first-order valence-electron chi connectivity index (χ1n) is 4.21. The maximum absolute atomic E-state index is 10.9. The molecule has 1 aromatic rings. The van der Waals surface area contributed by atoms with Gasteiger partial charge in [0, 0.05) is 19.2 Å². The Hall–Kier alpha value is -1.27. The topological polar surface area (TPSA) is 98.9 Å². The fraction of sp³-hybridized carbons (Fsp3) is 0.250. The van der Waals surface area contributed by atoms with E-state index in [2.05, 4.69) is 9.05 Å². The number of rotatable bonds is 5. The standard InChI is InChI=1S/C8H10NO6P/c1-14-16(12,13)15-6-7-2-4-8(5-3-7)9(10)11/h2-5H,6H2,1H3,(H,12,13). The maximum atomic E-state index is 10.9. The molecule has 7 nitrogen and oxygen atoms in total. The highest BCUT2D eigenvalue weighted by molar-refractivity contribution is 7.47. The number of hydrogen-bond donors (Lipinski definition) is 1. The van der Waals surface area contributed by atoms with Gasteiger partial charge in [0.25, 0.3) is 5.69 Å². The van der Waals surface area contributed by atoms with Crippen LogP contribution in [0.4, 0.5) is 5.69 Å². The molecular formula is C8H10NO6P. The average molecular weight is 247 g/mol. The smallest absolute Gasteiger partial charge is 0.302 e. The molecule has 0 radical (unpaired) electrons. The zero-order chi connectivity index (χ0) is 12.2. The molecule has 0 saturated heterocycles. The summed E-state index contributed by atoms with van der Waals surface area (Å²) in [6.45, 7) is -0.153. The van der Waals surface area contributed by atoms with Crippen molar-refractivity contribution in [2.24, 2.45) is 0 Å². The fourth-order valence-corrected chi connectivity index (χ4v) is 1.34. The van der Waals surface area contributed by atoms with Gasteiger partial charge < -0.3 is 4.89 Å². The van der Waals surface area contributed by atoms with Crippen LogP contribution in [0.2, 0.25) is 0 Å². The maximum Gasteiger partial charge on any atom is 0.472 e. The first-order chi connectivity index (χ1) is 7.44. The molecule has 0 aliphatic rings. The second-order valence-electron chi connectivity index (χ2n) is 2.85. The van der Waals surface area contributed by atoms with Gasteiger partial charge in [-0.1, -0.05) is 0 Å². The molecule has 0 bridgehead atoms. The van der Waals surface area contributed by atoms with E-state index in [9.17, 15) is 14.7 Å². The van der Waals surface area contributed by atoms with E-state index in [0.717, 1.165) is 7.11 Å². The van der Waals surface area contributed by atoms with Crippen LogP contribution < -0.4 is 0 Å². The Morgan fingerprint density at radius 2 is 2.00 bits per heavy atom. The van der Waals surface area contributed by atoms with Gasteiger partial charge in [-0.25, -0.2) is 4.57 Å². The molecule has 1 N–H and O–H groups in total. The molecule has 0 fully saturated rings. The van der Waals surface area contributed by atoms with Gasteiger partial charge in [-0.3, -0.25) is 19.2 Å². The molecule has 1 unspecified atom stereocenters. The molecule has 1 aromatic carbocycles. The van der Waals surface area contributed by atoms with Crippen molar-refractivity contribution in [2.45, 2.75) is 6.61 Å². The second kappa shape index (κ2) is 5.18. The van der Waals surface area contributed by atoms with Gasteiger partial charge in [-0.05, 0) is 17.7 Å². The molecule has 0 heterocycles. The van der Waals surface area contributed by atoms with Crippen LogP contribution in [-0.4, -0.2) is 16.9 Å². The number of phosphoric ester groups is 1. The van der Waals surface area contributed by atoms with Crippen molar-refractivity contribution < 1.29 is 23.4 Å². The predicted molar refractivity (Wildman–Crippen MR) is 54.7 cm³/mol. The predicted octanol–water partition coefficient (Wildman–Crippen LogP) is 1.86. The quantitative estimate of drug-likeness (QED) is 0.484. The number of hydrogen-bond acceptors (Lipinski definition) is 5.